The van der Waals surface area contributed by atoms with Crippen molar-refractivity contribution in [1.82, 2.24) is 19.3 Å². The van der Waals surface area contributed by atoms with E-state index in [9.17, 15) is 4.39 Å². The molecule has 158 valence electrons. The highest BCUT2D eigenvalue weighted by molar-refractivity contribution is 5.72. The molecule has 2 aromatic heterocycles. The van der Waals surface area contributed by atoms with Crippen LogP contribution in [0.15, 0.2) is 61.1 Å². The molecular formula is C24H20FN7. The standard InChI is InChI=1S/C24H20FN7/c25-20-12-30(13-21(20)27)19-5-6-22-18(7-19)11-31-10-17(16-3-1-15(9-26)2-4-16)8-23(31)24-29-28-14-32(22)24/h1-8,10,14,20-21H,11-13,27H2. The van der Waals surface area contributed by atoms with Crippen molar-refractivity contribution in [1.29, 1.82) is 5.26 Å². The third-order valence-corrected chi connectivity index (χ3v) is 6.34. The SMILES string of the molecule is N#Cc1ccc(-c2cc3n(c2)Cc2cc(N4CC(N)C(F)C4)ccc2-n2cnnc2-3)cc1. The lowest BCUT2D eigenvalue weighted by molar-refractivity contribution is 0.333. The van der Waals surface area contributed by atoms with E-state index in [-0.39, 0.29) is 0 Å². The first-order valence-electron chi connectivity index (χ1n) is 10.5. The van der Waals surface area contributed by atoms with Gasteiger partial charge >= 0.3 is 0 Å². The van der Waals surface area contributed by atoms with Crippen molar-refractivity contribution in [3.05, 3.63) is 72.2 Å². The highest BCUT2D eigenvalue weighted by Crippen LogP contribution is 2.35. The third kappa shape index (κ3) is 2.90. The molecule has 0 aliphatic carbocycles. The average molecular weight is 425 g/mol. The number of nitrogens with zero attached hydrogens (tertiary/aromatic N) is 6. The number of nitriles is 1. The summed E-state index contributed by atoms with van der Waals surface area (Å²) in [6.45, 7) is 1.47. The van der Waals surface area contributed by atoms with Crippen LogP contribution in [0.25, 0.3) is 28.3 Å². The van der Waals surface area contributed by atoms with Crippen molar-refractivity contribution >= 4 is 5.69 Å². The normalized spacial score (nSPS) is 19.1. The van der Waals surface area contributed by atoms with Crippen molar-refractivity contribution in [2.75, 3.05) is 18.0 Å². The van der Waals surface area contributed by atoms with E-state index in [1.807, 2.05) is 45.9 Å². The van der Waals surface area contributed by atoms with E-state index in [2.05, 4.69) is 39.2 Å². The van der Waals surface area contributed by atoms with E-state index in [1.54, 1.807) is 6.33 Å². The number of halogens is 1. The van der Waals surface area contributed by atoms with Gasteiger partial charge in [-0.1, -0.05) is 12.1 Å². The maximum atomic E-state index is 14.0. The van der Waals surface area contributed by atoms with Crippen LogP contribution in [-0.2, 0) is 6.54 Å². The number of aromatic nitrogens is 4. The molecule has 7 nitrogen and oxygen atoms in total. The summed E-state index contributed by atoms with van der Waals surface area (Å²) in [5.74, 6) is 0.767. The third-order valence-electron chi connectivity index (χ3n) is 6.34. The van der Waals surface area contributed by atoms with Gasteiger partial charge in [0.05, 0.1) is 35.6 Å². The van der Waals surface area contributed by atoms with Crippen LogP contribution in [0.4, 0.5) is 10.1 Å². The quantitative estimate of drug-likeness (QED) is 0.469. The molecule has 32 heavy (non-hydrogen) atoms. The lowest BCUT2D eigenvalue weighted by Gasteiger charge is -2.20. The van der Waals surface area contributed by atoms with Crippen molar-refractivity contribution in [3.63, 3.8) is 0 Å². The smallest absolute Gasteiger partial charge is 0.185 e. The summed E-state index contributed by atoms with van der Waals surface area (Å²) < 4.78 is 18.2. The van der Waals surface area contributed by atoms with Gasteiger partial charge < -0.3 is 15.2 Å². The molecule has 2 N–H and O–H groups in total. The van der Waals surface area contributed by atoms with Crippen LogP contribution >= 0.6 is 0 Å². The second-order valence-corrected chi connectivity index (χ2v) is 8.35. The first-order chi connectivity index (χ1) is 15.6. The number of benzene rings is 2. The number of alkyl halides is 1. The molecule has 2 atom stereocenters. The highest BCUT2D eigenvalue weighted by atomic mass is 19.1. The van der Waals surface area contributed by atoms with Gasteiger partial charge in [-0.15, -0.1) is 10.2 Å². The van der Waals surface area contributed by atoms with Crippen molar-refractivity contribution in [2.45, 2.75) is 18.8 Å². The lowest BCUT2D eigenvalue weighted by atomic mass is 10.1. The molecule has 2 unspecified atom stereocenters. The average Bonchev–Trinajstić information content (AvgIpc) is 3.51. The Morgan fingerprint density at radius 1 is 1.06 bits per heavy atom. The molecular weight excluding hydrogens is 405 g/mol. The van der Waals surface area contributed by atoms with Crippen LogP contribution in [0.3, 0.4) is 0 Å². The minimum Gasteiger partial charge on any atom is -0.367 e. The largest absolute Gasteiger partial charge is 0.367 e. The highest BCUT2D eigenvalue weighted by Gasteiger charge is 2.31. The van der Waals surface area contributed by atoms with Crippen molar-refractivity contribution < 1.29 is 4.39 Å². The molecule has 2 aliphatic rings. The molecule has 0 spiro atoms. The molecule has 4 aromatic rings. The lowest BCUT2D eigenvalue weighted by Crippen LogP contribution is -2.30. The van der Waals surface area contributed by atoms with Gasteiger partial charge in [-0.3, -0.25) is 4.57 Å². The fourth-order valence-corrected chi connectivity index (χ4v) is 4.62. The van der Waals surface area contributed by atoms with E-state index >= 15 is 0 Å². The summed E-state index contributed by atoms with van der Waals surface area (Å²) in [6, 6.07) is 17.5. The monoisotopic (exact) mass is 425 g/mol. The Balaban J connectivity index is 1.43. The van der Waals surface area contributed by atoms with Gasteiger partial charge in [0, 0.05) is 30.5 Å². The van der Waals surface area contributed by atoms with E-state index in [0.717, 1.165) is 39.6 Å². The number of nitrogens with two attached hydrogens (primary N) is 1. The van der Waals surface area contributed by atoms with Crippen LogP contribution < -0.4 is 10.6 Å². The Kier molecular flexibility index (Phi) is 4.13. The van der Waals surface area contributed by atoms with Crippen LogP contribution in [0.5, 0.6) is 0 Å². The van der Waals surface area contributed by atoms with Gasteiger partial charge in [0.15, 0.2) is 5.82 Å². The Morgan fingerprint density at radius 3 is 2.66 bits per heavy atom. The van der Waals surface area contributed by atoms with E-state index in [0.29, 0.717) is 25.2 Å². The first kappa shape index (κ1) is 18.8. The molecule has 0 radical (unpaired) electrons. The zero-order valence-corrected chi connectivity index (χ0v) is 17.2. The molecule has 0 amide bonds. The fourth-order valence-electron chi connectivity index (χ4n) is 4.62. The molecule has 6 rings (SSSR count). The Morgan fingerprint density at radius 2 is 1.91 bits per heavy atom. The predicted octanol–water partition coefficient (Wildman–Crippen LogP) is 3.12. The molecule has 1 fully saturated rings. The molecule has 1 saturated heterocycles. The molecule has 2 aromatic carbocycles. The maximum Gasteiger partial charge on any atom is 0.185 e. The molecule has 2 aliphatic heterocycles. The molecule has 4 heterocycles. The fraction of sp³-hybridized carbons (Fsp3) is 0.208. The number of fused-ring (bicyclic) bond motifs is 5. The van der Waals surface area contributed by atoms with Crippen LogP contribution in [0.2, 0.25) is 0 Å². The zero-order chi connectivity index (χ0) is 21.8. The summed E-state index contributed by atoms with van der Waals surface area (Å²) in [6.07, 6.45) is 2.81. The van der Waals surface area contributed by atoms with E-state index in [4.69, 9.17) is 11.0 Å². The van der Waals surface area contributed by atoms with Crippen molar-refractivity contribution in [2.24, 2.45) is 5.73 Å². The minimum atomic E-state index is -1.01. The van der Waals surface area contributed by atoms with Crippen LogP contribution in [0, 0.1) is 11.3 Å². The summed E-state index contributed by atoms with van der Waals surface area (Å²) >= 11 is 0. The summed E-state index contributed by atoms with van der Waals surface area (Å²) in [5.41, 5.74) is 12.7. The zero-order valence-electron chi connectivity index (χ0n) is 17.2. The maximum absolute atomic E-state index is 14.0. The summed E-state index contributed by atoms with van der Waals surface area (Å²) in [7, 11) is 0. The second kappa shape index (κ2) is 7.04. The summed E-state index contributed by atoms with van der Waals surface area (Å²) in [4.78, 5) is 2.01. The van der Waals surface area contributed by atoms with Crippen LogP contribution in [-0.4, -0.2) is 44.6 Å². The molecule has 0 saturated carbocycles. The van der Waals surface area contributed by atoms with Gasteiger partial charge in [-0.2, -0.15) is 5.26 Å². The summed E-state index contributed by atoms with van der Waals surface area (Å²) in [5, 5.41) is 17.6. The van der Waals surface area contributed by atoms with Gasteiger partial charge in [0.25, 0.3) is 0 Å². The van der Waals surface area contributed by atoms with Gasteiger partial charge in [0.2, 0.25) is 0 Å². The van der Waals surface area contributed by atoms with Gasteiger partial charge in [0.1, 0.15) is 12.5 Å². The van der Waals surface area contributed by atoms with Crippen LogP contribution in [0.1, 0.15) is 11.1 Å². The molecule has 0 bridgehead atoms. The Labute approximate surface area is 184 Å². The van der Waals surface area contributed by atoms with E-state index in [1.165, 1.54) is 0 Å². The number of hydrogen-bond acceptors (Lipinski definition) is 5. The first-order valence-corrected chi connectivity index (χ1v) is 10.5. The Bertz CT molecular complexity index is 1350. The number of anilines is 1. The Hall–Kier alpha value is -3.96. The van der Waals surface area contributed by atoms with Crippen molar-refractivity contribution in [3.8, 4) is 34.4 Å². The number of hydrogen-bond donors (Lipinski definition) is 1. The van der Waals surface area contributed by atoms with E-state index < -0.39 is 12.2 Å². The topological polar surface area (TPSA) is 88.7 Å². The second-order valence-electron chi connectivity index (χ2n) is 8.35. The van der Waals surface area contributed by atoms with Gasteiger partial charge in [-0.25, -0.2) is 4.39 Å². The minimum absolute atomic E-state index is 0.315. The molecule has 8 heteroatoms. The van der Waals surface area contributed by atoms with Gasteiger partial charge in [-0.05, 0) is 47.5 Å². The number of rotatable bonds is 2. The predicted molar refractivity (Wildman–Crippen MR) is 119 cm³/mol.